The predicted octanol–water partition coefficient (Wildman–Crippen LogP) is 3.91. The van der Waals surface area contributed by atoms with Gasteiger partial charge >= 0.3 is 0 Å². The monoisotopic (exact) mass is 549 g/mol. The second kappa shape index (κ2) is 11.0. The van der Waals surface area contributed by atoms with Crippen molar-refractivity contribution in [2.75, 3.05) is 30.3 Å². The minimum absolute atomic E-state index is 0.0290. The largest absolute Gasteiger partial charge is 0.376 e. The molecule has 0 saturated heterocycles. The first-order valence-corrected chi connectivity index (χ1v) is 14.3. The molecule has 11 heteroatoms. The molecule has 0 bridgehead atoms. The number of hydrogen-bond donors (Lipinski definition) is 1. The van der Waals surface area contributed by atoms with E-state index in [1.54, 1.807) is 12.3 Å². The third-order valence-corrected chi connectivity index (χ3v) is 8.38. The Morgan fingerprint density at radius 2 is 1.87 bits per heavy atom. The number of rotatable bonds is 7. The molecule has 1 aromatic carbocycles. The zero-order valence-electron chi connectivity index (χ0n) is 21.6. The Morgan fingerprint density at radius 1 is 1.08 bits per heavy atom. The number of benzene rings is 1. The maximum Gasteiger partial charge on any atom is 0.251 e. The highest BCUT2D eigenvalue weighted by Crippen LogP contribution is 2.26. The minimum Gasteiger partial charge on any atom is -0.376 e. The molecule has 0 saturated carbocycles. The number of hydrogen-bond acceptors (Lipinski definition) is 8. The highest BCUT2D eigenvalue weighted by Gasteiger charge is 2.27. The van der Waals surface area contributed by atoms with Gasteiger partial charge in [-0.1, -0.05) is 6.07 Å². The van der Waals surface area contributed by atoms with Gasteiger partial charge in [-0.25, -0.2) is 22.8 Å². The summed E-state index contributed by atoms with van der Waals surface area (Å²) in [4.78, 5) is 28.7. The smallest absolute Gasteiger partial charge is 0.251 e. The molecular formula is C28H28FN5O4S. The summed E-state index contributed by atoms with van der Waals surface area (Å²) < 4.78 is 45.0. The third kappa shape index (κ3) is 5.59. The fourth-order valence-electron chi connectivity index (χ4n) is 4.47. The normalized spacial score (nSPS) is 14.4. The lowest BCUT2D eigenvalue weighted by molar-refractivity contribution is 0.0949. The zero-order chi connectivity index (χ0) is 27.6. The minimum atomic E-state index is -3.76. The molecule has 1 amide bonds. The van der Waals surface area contributed by atoms with Gasteiger partial charge in [0.1, 0.15) is 11.6 Å². The lowest BCUT2D eigenvalue weighted by Gasteiger charge is -2.20. The summed E-state index contributed by atoms with van der Waals surface area (Å²) in [6, 6.07) is 13.7. The van der Waals surface area contributed by atoms with Crippen molar-refractivity contribution in [3.05, 3.63) is 77.4 Å². The zero-order valence-corrected chi connectivity index (χ0v) is 22.5. The van der Waals surface area contributed by atoms with E-state index < -0.39 is 21.6 Å². The van der Waals surface area contributed by atoms with E-state index >= 15 is 0 Å². The summed E-state index contributed by atoms with van der Waals surface area (Å²) in [6.45, 7) is 5.72. The van der Waals surface area contributed by atoms with Gasteiger partial charge in [0.25, 0.3) is 5.91 Å². The van der Waals surface area contributed by atoms with Gasteiger partial charge in [-0.3, -0.25) is 9.78 Å². The van der Waals surface area contributed by atoms with Crippen molar-refractivity contribution in [1.29, 1.82) is 0 Å². The number of aromatic nitrogens is 3. The number of amides is 1. The molecule has 0 fully saturated rings. The van der Waals surface area contributed by atoms with Crippen molar-refractivity contribution in [2.45, 2.75) is 31.9 Å². The van der Waals surface area contributed by atoms with E-state index in [4.69, 9.17) is 14.7 Å². The summed E-state index contributed by atoms with van der Waals surface area (Å²) in [6.07, 6.45) is 1.67. The second-order valence-electron chi connectivity index (χ2n) is 9.11. The van der Waals surface area contributed by atoms with Gasteiger partial charge in [-0.05, 0) is 56.3 Å². The lowest BCUT2D eigenvalue weighted by Crippen LogP contribution is -2.24. The van der Waals surface area contributed by atoms with Crippen LogP contribution in [0.25, 0.3) is 22.3 Å². The third-order valence-electron chi connectivity index (χ3n) is 6.64. The first kappa shape index (κ1) is 26.6. The molecule has 0 unspecified atom stereocenters. The number of pyridine rings is 3. The number of nitrogens with zero attached hydrogens (tertiary/aromatic N) is 4. The van der Waals surface area contributed by atoms with Gasteiger partial charge in [0.05, 0.1) is 53.0 Å². The Hall–Kier alpha value is -3.96. The van der Waals surface area contributed by atoms with E-state index in [-0.39, 0.29) is 41.5 Å². The number of sulfone groups is 1. The standard InChI is InChI=1S/C28H28FN5O4S/c1-3-34(4-2)27-7-5-6-23(33-27)24-9-8-18-15-30-20(14-25(18)32-24)16-31-28(35)19-12-22(29)21-17-38-10-11-39(36,37)26(21)13-19/h5-9,12-15H,3-4,10-11,16-17H2,1-2H3,(H,31,35). The Kier molecular flexibility index (Phi) is 7.53. The van der Waals surface area contributed by atoms with Crippen LogP contribution in [0.15, 0.2) is 59.6 Å². The van der Waals surface area contributed by atoms with Crippen molar-refractivity contribution in [1.82, 2.24) is 20.3 Å². The summed E-state index contributed by atoms with van der Waals surface area (Å²) in [5.74, 6) is -0.789. The first-order valence-electron chi connectivity index (χ1n) is 12.7. The van der Waals surface area contributed by atoms with E-state index in [1.165, 1.54) is 6.07 Å². The Labute approximate surface area is 226 Å². The van der Waals surface area contributed by atoms with E-state index in [9.17, 15) is 17.6 Å². The summed E-state index contributed by atoms with van der Waals surface area (Å²) >= 11 is 0. The molecule has 4 heterocycles. The average molecular weight is 550 g/mol. The Balaban J connectivity index is 1.36. The van der Waals surface area contributed by atoms with Gasteiger partial charge in [0.2, 0.25) is 0 Å². The quantitative estimate of drug-likeness (QED) is 0.369. The van der Waals surface area contributed by atoms with E-state index in [2.05, 4.69) is 29.0 Å². The number of carbonyl (C=O) groups is 1. The number of fused-ring (bicyclic) bond motifs is 2. The van der Waals surface area contributed by atoms with Crippen molar-refractivity contribution >= 4 is 32.5 Å². The average Bonchev–Trinajstić information content (AvgIpc) is 3.10. The highest BCUT2D eigenvalue weighted by atomic mass is 32.2. The topological polar surface area (TPSA) is 114 Å². The number of carbonyl (C=O) groups excluding carboxylic acids is 1. The Bertz CT molecular complexity index is 1660. The number of ether oxygens (including phenoxy) is 1. The summed E-state index contributed by atoms with van der Waals surface area (Å²) in [5.41, 5.74) is 2.55. The molecule has 0 spiro atoms. The molecule has 1 aliphatic heterocycles. The van der Waals surface area contributed by atoms with Crippen LogP contribution in [-0.2, 0) is 27.7 Å². The van der Waals surface area contributed by atoms with Crippen LogP contribution >= 0.6 is 0 Å². The van der Waals surface area contributed by atoms with Gasteiger partial charge in [0.15, 0.2) is 9.84 Å². The lowest BCUT2D eigenvalue weighted by atomic mass is 10.1. The number of anilines is 1. The molecule has 9 nitrogen and oxygen atoms in total. The van der Waals surface area contributed by atoms with Crippen molar-refractivity contribution in [3.63, 3.8) is 0 Å². The molecule has 1 aliphatic rings. The summed E-state index contributed by atoms with van der Waals surface area (Å²) in [7, 11) is -3.76. The van der Waals surface area contributed by atoms with E-state index in [0.29, 0.717) is 16.9 Å². The fraction of sp³-hybridized carbons (Fsp3) is 0.286. The van der Waals surface area contributed by atoms with Crippen LogP contribution < -0.4 is 10.2 Å². The van der Waals surface area contributed by atoms with Crippen LogP contribution in [-0.4, -0.2) is 54.7 Å². The van der Waals surface area contributed by atoms with Gasteiger partial charge in [0, 0.05) is 35.8 Å². The fourth-order valence-corrected chi connectivity index (χ4v) is 5.87. The maximum atomic E-state index is 14.7. The van der Waals surface area contributed by atoms with Crippen LogP contribution in [0, 0.1) is 5.82 Å². The molecule has 1 N–H and O–H groups in total. The van der Waals surface area contributed by atoms with Crippen molar-refractivity contribution in [2.24, 2.45) is 0 Å². The van der Waals surface area contributed by atoms with Crippen LogP contribution in [0.2, 0.25) is 0 Å². The molecular weight excluding hydrogens is 521 g/mol. The molecule has 0 aliphatic carbocycles. The van der Waals surface area contributed by atoms with Gasteiger partial charge in [-0.2, -0.15) is 0 Å². The van der Waals surface area contributed by atoms with Crippen LogP contribution in [0.5, 0.6) is 0 Å². The predicted molar refractivity (Wildman–Crippen MR) is 146 cm³/mol. The van der Waals surface area contributed by atoms with Crippen LogP contribution in [0.3, 0.4) is 0 Å². The van der Waals surface area contributed by atoms with Gasteiger partial charge < -0.3 is 15.0 Å². The number of nitrogens with one attached hydrogen (secondary N) is 1. The van der Waals surface area contributed by atoms with Crippen LogP contribution in [0.1, 0.15) is 35.5 Å². The van der Waals surface area contributed by atoms with Crippen LogP contribution in [0.4, 0.5) is 10.2 Å². The molecule has 4 aromatic rings. The molecule has 3 aromatic heterocycles. The molecule has 39 heavy (non-hydrogen) atoms. The molecule has 0 atom stereocenters. The SMILES string of the molecule is CCN(CC)c1cccc(-c2ccc3cnc(CNC(=O)c4cc(F)c5c(c4)S(=O)(=O)CCOC5)cc3n2)n1. The van der Waals surface area contributed by atoms with Crippen molar-refractivity contribution < 1.29 is 22.3 Å². The summed E-state index contributed by atoms with van der Waals surface area (Å²) in [5, 5.41) is 3.52. The second-order valence-corrected chi connectivity index (χ2v) is 11.2. The van der Waals surface area contributed by atoms with E-state index in [1.807, 2.05) is 30.3 Å². The molecule has 5 rings (SSSR count). The molecule has 202 valence electrons. The van der Waals surface area contributed by atoms with E-state index in [0.717, 1.165) is 36.1 Å². The maximum absolute atomic E-state index is 14.7. The Morgan fingerprint density at radius 3 is 2.67 bits per heavy atom. The first-order chi connectivity index (χ1) is 18.8. The number of halogens is 1. The van der Waals surface area contributed by atoms with Gasteiger partial charge in [-0.15, -0.1) is 0 Å². The van der Waals surface area contributed by atoms with Crippen molar-refractivity contribution in [3.8, 4) is 11.4 Å². The highest BCUT2D eigenvalue weighted by molar-refractivity contribution is 7.91. The molecule has 0 radical (unpaired) electrons.